The van der Waals surface area contributed by atoms with Gasteiger partial charge in [0.15, 0.2) is 0 Å². The molecular formula is C11H16N2O3. The lowest BCUT2D eigenvalue weighted by Crippen LogP contribution is -2.28. The van der Waals surface area contributed by atoms with Crippen molar-refractivity contribution in [1.29, 1.82) is 0 Å². The molecule has 1 aromatic rings. The highest BCUT2D eigenvalue weighted by atomic mass is 16.5. The number of pyridine rings is 1. The molecule has 5 heteroatoms. The molecule has 0 bridgehead atoms. The molecular weight excluding hydrogens is 208 g/mol. The maximum absolute atomic E-state index is 11.6. The van der Waals surface area contributed by atoms with E-state index in [-0.39, 0.29) is 12.5 Å². The van der Waals surface area contributed by atoms with E-state index in [2.05, 4.69) is 10.3 Å². The summed E-state index contributed by atoms with van der Waals surface area (Å²) >= 11 is 0. The van der Waals surface area contributed by atoms with Crippen molar-refractivity contribution in [3.8, 4) is 0 Å². The van der Waals surface area contributed by atoms with Crippen molar-refractivity contribution < 1.29 is 14.6 Å². The van der Waals surface area contributed by atoms with E-state index in [9.17, 15) is 4.79 Å². The smallest absolute Gasteiger partial charge is 0.269 e. The van der Waals surface area contributed by atoms with Crippen LogP contribution in [0.5, 0.6) is 0 Å². The Labute approximate surface area is 94.5 Å². The van der Waals surface area contributed by atoms with Crippen molar-refractivity contribution in [3.63, 3.8) is 0 Å². The summed E-state index contributed by atoms with van der Waals surface area (Å²) < 4.78 is 5.01. The summed E-state index contributed by atoms with van der Waals surface area (Å²) in [5.74, 6) is -0.212. The number of amides is 1. The van der Waals surface area contributed by atoms with Gasteiger partial charge in [0.25, 0.3) is 5.91 Å². The second-order valence-electron chi connectivity index (χ2n) is 3.31. The molecule has 1 amide bonds. The Balaban J connectivity index is 2.30. The molecule has 2 N–H and O–H groups in total. The molecule has 0 aliphatic rings. The number of carbonyl (C=O) groups excluding carboxylic acids is 1. The number of aryl methyl sites for hydroxylation is 1. The van der Waals surface area contributed by atoms with Crippen LogP contribution in [-0.2, 0) is 4.74 Å². The van der Waals surface area contributed by atoms with Gasteiger partial charge < -0.3 is 15.2 Å². The number of nitrogens with zero attached hydrogens (tertiary/aromatic N) is 1. The predicted molar refractivity (Wildman–Crippen MR) is 59.2 cm³/mol. The summed E-state index contributed by atoms with van der Waals surface area (Å²) in [4.78, 5) is 15.5. The van der Waals surface area contributed by atoms with Crippen molar-refractivity contribution in [2.75, 3.05) is 26.4 Å². The molecule has 0 atom stereocenters. The molecule has 88 valence electrons. The van der Waals surface area contributed by atoms with E-state index >= 15 is 0 Å². The summed E-state index contributed by atoms with van der Waals surface area (Å²) in [6.07, 6.45) is 1.60. The topological polar surface area (TPSA) is 71.5 Å². The number of ether oxygens (including phenoxy) is 1. The first-order valence-corrected chi connectivity index (χ1v) is 5.13. The number of carbonyl (C=O) groups is 1. The lowest BCUT2D eigenvalue weighted by molar-refractivity contribution is 0.0835. The van der Waals surface area contributed by atoms with Crippen LogP contribution in [0, 0.1) is 6.92 Å². The average molecular weight is 224 g/mol. The Bertz CT molecular complexity index is 342. The van der Waals surface area contributed by atoms with Crippen LogP contribution in [0.4, 0.5) is 0 Å². The third kappa shape index (κ3) is 4.37. The van der Waals surface area contributed by atoms with Gasteiger partial charge in [-0.05, 0) is 24.6 Å². The van der Waals surface area contributed by atoms with Gasteiger partial charge in [-0.25, -0.2) is 0 Å². The van der Waals surface area contributed by atoms with E-state index in [1.807, 2.05) is 13.0 Å². The van der Waals surface area contributed by atoms with E-state index in [1.54, 1.807) is 12.3 Å². The molecule has 0 aliphatic heterocycles. The lowest BCUT2D eigenvalue weighted by atomic mass is 10.2. The Morgan fingerprint density at radius 3 is 3.06 bits per heavy atom. The fourth-order valence-corrected chi connectivity index (χ4v) is 1.15. The zero-order valence-corrected chi connectivity index (χ0v) is 9.27. The molecule has 1 aromatic heterocycles. The number of hydrogen-bond acceptors (Lipinski definition) is 4. The lowest BCUT2D eigenvalue weighted by Gasteiger charge is -2.05. The Morgan fingerprint density at radius 2 is 2.38 bits per heavy atom. The van der Waals surface area contributed by atoms with Crippen molar-refractivity contribution in [3.05, 3.63) is 29.6 Å². The summed E-state index contributed by atoms with van der Waals surface area (Å²) in [6, 6.07) is 3.56. The minimum Gasteiger partial charge on any atom is -0.394 e. The third-order valence-electron chi connectivity index (χ3n) is 1.92. The first kappa shape index (κ1) is 12.6. The van der Waals surface area contributed by atoms with E-state index in [0.29, 0.717) is 25.5 Å². The molecule has 16 heavy (non-hydrogen) atoms. The van der Waals surface area contributed by atoms with Gasteiger partial charge in [0, 0.05) is 12.7 Å². The molecule has 0 saturated carbocycles. The number of hydrogen-bond donors (Lipinski definition) is 2. The molecule has 0 radical (unpaired) electrons. The predicted octanol–water partition coefficient (Wildman–Crippen LogP) is 0.129. The highest BCUT2D eigenvalue weighted by Crippen LogP contribution is 1.99. The van der Waals surface area contributed by atoms with Crippen LogP contribution in [-0.4, -0.2) is 42.4 Å². The summed E-state index contributed by atoms with van der Waals surface area (Å²) in [5.41, 5.74) is 1.40. The normalized spacial score (nSPS) is 10.1. The fourth-order valence-electron chi connectivity index (χ4n) is 1.15. The number of aliphatic hydroxyl groups is 1. The molecule has 0 aromatic carbocycles. The highest BCUT2D eigenvalue weighted by Gasteiger charge is 2.05. The number of aromatic nitrogens is 1. The van der Waals surface area contributed by atoms with Crippen molar-refractivity contribution in [2.45, 2.75) is 6.92 Å². The Kier molecular flexibility index (Phi) is 5.45. The van der Waals surface area contributed by atoms with Crippen LogP contribution >= 0.6 is 0 Å². The zero-order chi connectivity index (χ0) is 11.8. The molecule has 0 fully saturated rings. The van der Waals surface area contributed by atoms with Gasteiger partial charge in [-0.3, -0.25) is 9.78 Å². The van der Waals surface area contributed by atoms with Gasteiger partial charge in [-0.2, -0.15) is 0 Å². The van der Waals surface area contributed by atoms with E-state index < -0.39 is 0 Å². The van der Waals surface area contributed by atoms with Gasteiger partial charge in [-0.1, -0.05) is 0 Å². The van der Waals surface area contributed by atoms with Crippen LogP contribution in [0.1, 0.15) is 16.1 Å². The van der Waals surface area contributed by atoms with Gasteiger partial charge in [0.1, 0.15) is 5.69 Å². The third-order valence-corrected chi connectivity index (χ3v) is 1.92. The molecule has 0 spiro atoms. The van der Waals surface area contributed by atoms with Crippen molar-refractivity contribution in [2.24, 2.45) is 0 Å². The molecule has 0 aliphatic carbocycles. The quantitative estimate of drug-likeness (QED) is 0.674. The number of nitrogens with one attached hydrogen (secondary N) is 1. The van der Waals surface area contributed by atoms with Crippen LogP contribution in [0.2, 0.25) is 0 Å². The van der Waals surface area contributed by atoms with E-state index in [4.69, 9.17) is 9.84 Å². The molecule has 1 rings (SSSR count). The van der Waals surface area contributed by atoms with Crippen molar-refractivity contribution in [1.82, 2.24) is 10.3 Å². The standard InChI is InChI=1S/C11H16N2O3/c1-9-2-3-12-10(8-9)11(15)13-4-6-16-7-5-14/h2-3,8,14H,4-7H2,1H3,(H,13,15). The van der Waals surface area contributed by atoms with E-state index in [1.165, 1.54) is 0 Å². The second-order valence-corrected chi connectivity index (χ2v) is 3.31. The monoisotopic (exact) mass is 224 g/mol. The van der Waals surface area contributed by atoms with Crippen LogP contribution < -0.4 is 5.32 Å². The largest absolute Gasteiger partial charge is 0.394 e. The highest BCUT2D eigenvalue weighted by molar-refractivity contribution is 5.92. The maximum atomic E-state index is 11.6. The minimum atomic E-state index is -0.212. The fraction of sp³-hybridized carbons (Fsp3) is 0.455. The number of aliphatic hydroxyl groups excluding tert-OH is 1. The molecule has 0 saturated heterocycles. The Morgan fingerprint density at radius 1 is 1.56 bits per heavy atom. The minimum absolute atomic E-state index is 0.00657. The SMILES string of the molecule is Cc1ccnc(C(=O)NCCOCCO)c1. The Hall–Kier alpha value is -1.46. The van der Waals surface area contributed by atoms with Crippen LogP contribution in [0.15, 0.2) is 18.3 Å². The maximum Gasteiger partial charge on any atom is 0.269 e. The zero-order valence-electron chi connectivity index (χ0n) is 9.27. The summed E-state index contributed by atoms with van der Waals surface area (Å²) in [5, 5.41) is 11.1. The molecule has 0 unspecified atom stereocenters. The second kappa shape index (κ2) is 6.92. The summed E-state index contributed by atoms with van der Waals surface area (Å²) in [7, 11) is 0. The first-order chi connectivity index (χ1) is 7.74. The van der Waals surface area contributed by atoms with Gasteiger partial charge >= 0.3 is 0 Å². The first-order valence-electron chi connectivity index (χ1n) is 5.13. The molecule has 5 nitrogen and oxygen atoms in total. The van der Waals surface area contributed by atoms with Gasteiger partial charge in [0.2, 0.25) is 0 Å². The van der Waals surface area contributed by atoms with Crippen molar-refractivity contribution >= 4 is 5.91 Å². The molecule has 1 heterocycles. The summed E-state index contributed by atoms with van der Waals surface area (Å²) in [6.45, 7) is 2.99. The van der Waals surface area contributed by atoms with Gasteiger partial charge in [-0.15, -0.1) is 0 Å². The van der Waals surface area contributed by atoms with E-state index in [0.717, 1.165) is 5.56 Å². The average Bonchev–Trinajstić information content (AvgIpc) is 2.28. The number of rotatable bonds is 6. The van der Waals surface area contributed by atoms with Crippen LogP contribution in [0.3, 0.4) is 0 Å². The van der Waals surface area contributed by atoms with Gasteiger partial charge in [0.05, 0.1) is 19.8 Å². The van der Waals surface area contributed by atoms with Crippen LogP contribution in [0.25, 0.3) is 0 Å².